The van der Waals surface area contributed by atoms with Crippen molar-refractivity contribution in [3.63, 3.8) is 0 Å². The molecule has 2 amide bonds. The van der Waals surface area contributed by atoms with Crippen LogP contribution in [0.1, 0.15) is 20.3 Å². The predicted molar refractivity (Wildman–Crippen MR) is 86.4 cm³/mol. The Labute approximate surface area is 147 Å². The average molecular weight is 373 g/mol. The summed E-state index contributed by atoms with van der Waals surface area (Å²) in [6, 6.07) is 5.81. The lowest BCUT2D eigenvalue weighted by atomic mass is 9.99. The van der Waals surface area contributed by atoms with Crippen LogP contribution in [0.15, 0.2) is 29.4 Å². The van der Waals surface area contributed by atoms with Gasteiger partial charge in [0.15, 0.2) is 0 Å². The molecule has 142 valence electrons. The zero-order chi connectivity index (χ0) is 19.7. The number of ether oxygens (including phenoxy) is 1. The van der Waals surface area contributed by atoms with Crippen molar-refractivity contribution in [3.05, 3.63) is 24.3 Å². The molecule has 1 aliphatic heterocycles. The molecule has 0 aliphatic carbocycles. The molecule has 7 nitrogen and oxygen atoms in total. The van der Waals surface area contributed by atoms with E-state index in [1.807, 2.05) is 0 Å². The fraction of sp³-hybridized carbons (Fsp3) is 0.438. The number of halogens is 3. The molecule has 0 saturated heterocycles. The summed E-state index contributed by atoms with van der Waals surface area (Å²) in [7, 11) is 1.44. The van der Waals surface area contributed by atoms with Gasteiger partial charge in [-0.1, -0.05) is 13.8 Å². The van der Waals surface area contributed by atoms with Crippen LogP contribution in [0.4, 0.5) is 18.9 Å². The second-order valence-corrected chi connectivity index (χ2v) is 6.04. The maximum Gasteiger partial charge on any atom is 0.438 e. The van der Waals surface area contributed by atoms with E-state index < -0.39 is 36.1 Å². The second-order valence-electron chi connectivity index (χ2n) is 6.04. The van der Waals surface area contributed by atoms with Crippen molar-refractivity contribution in [1.82, 2.24) is 5.01 Å². The number of amides is 2. The molecule has 26 heavy (non-hydrogen) atoms. The maximum absolute atomic E-state index is 13.3. The molecule has 1 aliphatic rings. The molecule has 0 aromatic heterocycles. The van der Waals surface area contributed by atoms with Crippen molar-refractivity contribution in [2.45, 2.75) is 32.2 Å². The number of nitrogens with zero attached hydrogens (tertiary/aromatic N) is 2. The van der Waals surface area contributed by atoms with Gasteiger partial charge in [-0.25, -0.2) is 0 Å². The Balaban J connectivity index is 2.24. The lowest BCUT2D eigenvalue weighted by molar-refractivity contribution is -0.301. The van der Waals surface area contributed by atoms with Crippen LogP contribution in [0.25, 0.3) is 0 Å². The van der Waals surface area contributed by atoms with E-state index in [2.05, 4.69) is 10.4 Å². The first-order chi connectivity index (χ1) is 12.0. The minimum atomic E-state index is -5.18. The minimum absolute atomic E-state index is 0.0320. The Bertz CT molecular complexity index is 731. The van der Waals surface area contributed by atoms with Crippen molar-refractivity contribution >= 4 is 23.2 Å². The summed E-state index contributed by atoms with van der Waals surface area (Å²) in [5.41, 5.74) is -3.41. The number of hydrazone groups is 1. The van der Waals surface area contributed by atoms with Crippen LogP contribution >= 0.6 is 0 Å². The first kappa shape index (κ1) is 19.7. The molecule has 0 unspecified atom stereocenters. The van der Waals surface area contributed by atoms with Crippen LogP contribution in [0, 0.1) is 5.92 Å². The lowest BCUT2D eigenvalue weighted by Gasteiger charge is -2.32. The predicted octanol–water partition coefficient (Wildman–Crippen LogP) is 2.13. The van der Waals surface area contributed by atoms with Crippen molar-refractivity contribution < 1.29 is 32.6 Å². The van der Waals surface area contributed by atoms with Crippen molar-refractivity contribution in [2.75, 3.05) is 12.4 Å². The van der Waals surface area contributed by atoms with E-state index in [1.165, 1.54) is 31.4 Å². The molecule has 0 radical (unpaired) electrons. The summed E-state index contributed by atoms with van der Waals surface area (Å²) in [4.78, 5) is 24.3. The van der Waals surface area contributed by atoms with E-state index in [-0.39, 0.29) is 16.4 Å². The molecular weight excluding hydrogens is 355 g/mol. The average Bonchev–Trinajstić information content (AvgIpc) is 2.94. The molecule has 2 rings (SSSR count). The summed E-state index contributed by atoms with van der Waals surface area (Å²) >= 11 is 0. The van der Waals surface area contributed by atoms with Gasteiger partial charge < -0.3 is 15.2 Å². The normalized spacial score (nSPS) is 20.2. The highest BCUT2D eigenvalue weighted by Gasteiger charge is 2.64. The van der Waals surface area contributed by atoms with Crippen molar-refractivity contribution in [2.24, 2.45) is 11.0 Å². The standard InChI is InChI=1S/C16H18F3N3O4/c1-9(2)12-8-15(25,16(17,18)19)22(21-12)14(24)13(23)20-10-4-6-11(26-3)7-5-10/h4-7,9,25H,8H2,1-3H3,(H,20,23)/t15-/m1/s1. The highest BCUT2D eigenvalue weighted by Crippen LogP contribution is 2.41. The summed E-state index contributed by atoms with van der Waals surface area (Å²) < 4.78 is 44.8. The number of anilines is 1. The van der Waals surface area contributed by atoms with Gasteiger partial charge in [0.05, 0.1) is 7.11 Å². The van der Waals surface area contributed by atoms with Gasteiger partial charge in [-0.05, 0) is 30.2 Å². The molecule has 10 heteroatoms. The number of hydrogen-bond donors (Lipinski definition) is 2. The molecule has 1 aromatic carbocycles. The highest BCUT2D eigenvalue weighted by molar-refractivity contribution is 6.39. The highest BCUT2D eigenvalue weighted by atomic mass is 19.4. The number of rotatable bonds is 3. The van der Waals surface area contributed by atoms with Crippen molar-refractivity contribution in [3.8, 4) is 5.75 Å². The molecule has 2 N–H and O–H groups in total. The van der Waals surface area contributed by atoms with E-state index >= 15 is 0 Å². The van der Waals surface area contributed by atoms with Crippen LogP contribution in [0.2, 0.25) is 0 Å². The van der Waals surface area contributed by atoms with E-state index in [9.17, 15) is 27.9 Å². The molecular formula is C16H18F3N3O4. The fourth-order valence-electron chi connectivity index (χ4n) is 2.28. The molecule has 0 bridgehead atoms. The third-order valence-corrected chi connectivity index (χ3v) is 3.86. The second kappa shape index (κ2) is 6.94. The SMILES string of the molecule is COc1ccc(NC(=O)C(=O)N2N=C(C(C)C)C[C@@]2(O)C(F)(F)F)cc1. The number of benzene rings is 1. The van der Waals surface area contributed by atoms with E-state index in [0.717, 1.165) is 0 Å². The van der Waals surface area contributed by atoms with E-state index in [4.69, 9.17) is 4.74 Å². The third-order valence-electron chi connectivity index (χ3n) is 3.86. The van der Waals surface area contributed by atoms with E-state index in [0.29, 0.717) is 5.75 Å². The first-order valence-electron chi connectivity index (χ1n) is 7.65. The molecule has 1 atom stereocenters. The monoisotopic (exact) mass is 373 g/mol. The van der Waals surface area contributed by atoms with Gasteiger partial charge in [0, 0.05) is 17.8 Å². The van der Waals surface area contributed by atoms with Gasteiger partial charge in [-0.2, -0.15) is 23.3 Å². The van der Waals surface area contributed by atoms with Crippen LogP contribution in [0.3, 0.4) is 0 Å². The van der Waals surface area contributed by atoms with Crippen LogP contribution in [-0.2, 0) is 9.59 Å². The van der Waals surface area contributed by atoms with Crippen molar-refractivity contribution in [1.29, 1.82) is 0 Å². The molecule has 1 aromatic rings. The summed E-state index contributed by atoms with van der Waals surface area (Å²) in [6.07, 6.45) is -6.08. The zero-order valence-electron chi connectivity index (χ0n) is 14.3. The largest absolute Gasteiger partial charge is 0.497 e. The summed E-state index contributed by atoms with van der Waals surface area (Å²) in [6.45, 7) is 3.14. The van der Waals surface area contributed by atoms with Crippen LogP contribution in [-0.4, -0.2) is 46.7 Å². The fourth-order valence-corrected chi connectivity index (χ4v) is 2.28. The molecule has 1 heterocycles. The quantitative estimate of drug-likeness (QED) is 0.794. The van der Waals surface area contributed by atoms with Gasteiger partial charge in [0.1, 0.15) is 5.75 Å². The third kappa shape index (κ3) is 3.64. The first-order valence-corrected chi connectivity index (χ1v) is 7.65. The Morgan fingerprint density at radius 1 is 1.31 bits per heavy atom. The Hall–Kier alpha value is -2.62. The minimum Gasteiger partial charge on any atom is -0.497 e. The number of carbonyl (C=O) groups is 2. The van der Waals surface area contributed by atoms with Crippen LogP contribution < -0.4 is 10.1 Å². The van der Waals surface area contributed by atoms with E-state index in [1.54, 1.807) is 13.8 Å². The van der Waals surface area contributed by atoms with Gasteiger partial charge in [0.25, 0.3) is 5.72 Å². The molecule has 0 spiro atoms. The topological polar surface area (TPSA) is 91.2 Å². The summed E-state index contributed by atoms with van der Waals surface area (Å²) in [5, 5.41) is 15.6. The number of alkyl halides is 3. The van der Waals surface area contributed by atoms with Gasteiger partial charge in [0.2, 0.25) is 0 Å². The molecule has 0 fully saturated rings. The Kier molecular flexibility index (Phi) is 5.26. The summed E-state index contributed by atoms with van der Waals surface area (Å²) in [5.74, 6) is -2.92. The number of hydrogen-bond acceptors (Lipinski definition) is 5. The van der Waals surface area contributed by atoms with Gasteiger partial charge in [-0.3, -0.25) is 9.59 Å². The number of nitrogens with one attached hydrogen (secondary N) is 1. The maximum atomic E-state index is 13.3. The Morgan fingerprint density at radius 3 is 2.35 bits per heavy atom. The molecule has 0 saturated carbocycles. The number of aliphatic hydroxyl groups is 1. The zero-order valence-corrected chi connectivity index (χ0v) is 14.3. The van der Waals surface area contributed by atoms with Crippen LogP contribution in [0.5, 0.6) is 5.75 Å². The van der Waals surface area contributed by atoms with Gasteiger partial charge >= 0.3 is 18.0 Å². The number of methoxy groups -OCH3 is 1. The lowest BCUT2D eigenvalue weighted by Crippen LogP contribution is -2.58. The smallest absolute Gasteiger partial charge is 0.438 e. The number of carbonyl (C=O) groups excluding carboxylic acids is 2. The van der Waals surface area contributed by atoms with Gasteiger partial charge in [-0.15, -0.1) is 0 Å². The Morgan fingerprint density at radius 2 is 1.88 bits per heavy atom.